The van der Waals surface area contributed by atoms with E-state index in [2.05, 4.69) is 4.98 Å². The number of carbonyl (C=O) groups excluding carboxylic acids is 1. The molecule has 0 aliphatic rings. The van der Waals surface area contributed by atoms with E-state index < -0.39 is 0 Å². The van der Waals surface area contributed by atoms with Gasteiger partial charge < -0.3 is 4.74 Å². The van der Waals surface area contributed by atoms with Crippen molar-refractivity contribution in [1.82, 2.24) is 4.98 Å². The van der Waals surface area contributed by atoms with Crippen molar-refractivity contribution in [3.8, 4) is 0 Å². The predicted molar refractivity (Wildman–Crippen MR) is 57.2 cm³/mol. The Balaban J connectivity index is 0.00000169. The van der Waals surface area contributed by atoms with Crippen molar-refractivity contribution in [2.75, 3.05) is 6.61 Å². The monoisotopic (exact) mass is 213 g/mol. The van der Waals surface area contributed by atoms with Gasteiger partial charge in [0.15, 0.2) is 0 Å². The molecule has 0 aliphatic carbocycles. The van der Waals surface area contributed by atoms with Crippen molar-refractivity contribution in [3.05, 3.63) is 36.2 Å². The lowest BCUT2D eigenvalue weighted by Gasteiger charge is -1.94. The zero-order valence-corrected chi connectivity index (χ0v) is 8.66. The Bertz CT molecular complexity index is 298. The van der Waals surface area contributed by atoms with Gasteiger partial charge in [-0.25, -0.2) is 4.79 Å². The molecule has 1 heterocycles. The maximum absolute atomic E-state index is 10.9. The summed E-state index contributed by atoms with van der Waals surface area (Å²) in [6.45, 7) is 2.18. The van der Waals surface area contributed by atoms with Crippen LogP contribution >= 0.6 is 12.4 Å². The molecule has 0 radical (unpaired) electrons. The van der Waals surface area contributed by atoms with E-state index in [9.17, 15) is 4.79 Å². The number of esters is 1. The summed E-state index contributed by atoms with van der Waals surface area (Å²) in [5.74, 6) is -0.320. The van der Waals surface area contributed by atoms with Gasteiger partial charge in [0, 0.05) is 18.5 Å². The smallest absolute Gasteiger partial charge is 0.330 e. The first-order valence-electron chi connectivity index (χ1n) is 4.08. The molecule has 0 fully saturated rings. The highest BCUT2D eigenvalue weighted by Gasteiger charge is 1.92. The van der Waals surface area contributed by atoms with E-state index in [1.165, 1.54) is 6.08 Å². The highest BCUT2D eigenvalue weighted by molar-refractivity contribution is 5.86. The van der Waals surface area contributed by atoms with Crippen LogP contribution in [0.4, 0.5) is 0 Å². The van der Waals surface area contributed by atoms with Crippen molar-refractivity contribution in [3.63, 3.8) is 0 Å². The second-order valence-electron chi connectivity index (χ2n) is 2.37. The van der Waals surface area contributed by atoms with Gasteiger partial charge in [0.1, 0.15) is 0 Å². The average molecular weight is 214 g/mol. The number of rotatable bonds is 3. The van der Waals surface area contributed by atoms with Crippen molar-refractivity contribution in [2.45, 2.75) is 6.92 Å². The maximum atomic E-state index is 10.9. The Morgan fingerprint density at radius 2 is 2.14 bits per heavy atom. The van der Waals surface area contributed by atoms with E-state index in [0.29, 0.717) is 6.61 Å². The molecule has 1 aromatic rings. The van der Waals surface area contributed by atoms with Gasteiger partial charge in [-0.15, -0.1) is 12.4 Å². The van der Waals surface area contributed by atoms with Crippen molar-refractivity contribution >= 4 is 24.5 Å². The molecule has 0 saturated carbocycles. The maximum Gasteiger partial charge on any atom is 0.330 e. The molecule has 14 heavy (non-hydrogen) atoms. The Morgan fingerprint density at radius 1 is 1.50 bits per heavy atom. The third kappa shape index (κ3) is 4.62. The fourth-order valence-corrected chi connectivity index (χ4v) is 0.829. The highest BCUT2D eigenvalue weighted by atomic mass is 35.5. The zero-order valence-electron chi connectivity index (χ0n) is 7.84. The van der Waals surface area contributed by atoms with Gasteiger partial charge in [-0.05, 0) is 30.7 Å². The fraction of sp³-hybridized carbons (Fsp3) is 0.200. The molecule has 4 heteroatoms. The molecule has 0 aromatic carbocycles. The van der Waals surface area contributed by atoms with Crippen LogP contribution in [0.1, 0.15) is 12.5 Å². The molecular weight excluding hydrogens is 202 g/mol. The van der Waals surface area contributed by atoms with E-state index in [1.54, 1.807) is 25.4 Å². The molecule has 76 valence electrons. The molecule has 1 aromatic heterocycles. The topological polar surface area (TPSA) is 39.2 Å². The number of aromatic nitrogens is 1. The summed E-state index contributed by atoms with van der Waals surface area (Å²) in [5.41, 5.74) is 0.933. The first-order valence-corrected chi connectivity index (χ1v) is 4.08. The molecule has 1 rings (SSSR count). The van der Waals surface area contributed by atoms with Gasteiger partial charge in [0.25, 0.3) is 0 Å². The van der Waals surface area contributed by atoms with Crippen LogP contribution in [0.25, 0.3) is 6.08 Å². The number of ether oxygens (including phenoxy) is 1. The number of nitrogens with zero attached hydrogens (tertiary/aromatic N) is 1. The van der Waals surface area contributed by atoms with E-state index in [0.717, 1.165) is 5.56 Å². The van der Waals surface area contributed by atoms with Crippen LogP contribution in [0.2, 0.25) is 0 Å². The average Bonchev–Trinajstić information content (AvgIpc) is 2.17. The third-order valence-electron chi connectivity index (χ3n) is 1.40. The van der Waals surface area contributed by atoms with E-state index in [1.807, 2.05) is 12.1 Å². The summed E-state index contributed by atoms with van der Waals surface area (Å²) in [7, 11) is 0. The second kappa shape index (κ2) is 7.09. The largest absolute Gasteiger partial charge is 0.463 e. The summed E-state index contributed by atoms with van der Waals surface area (Å²) < 4.78 is 4.72. The van der Waals surface area contributed by atoms with E-state index >= 15 is 0 Å². The SMILES string of the molecule is CCOC(=O)/C=C/c1ccncc1.Cl. The van der Waals surface area contributed by atoms with Crippen LogP contribution in [0.5, 0.6) is 0 Å². The Morgan fingerprint density at radius 3 is 2.71 bits per heavy atom. The minimum absolute atomic E-state index is 0. The minimum atomic E-state index is -0.320. The van der Waals surface area contributed by atoms with Crippen LogP contribution in [-0.2, 0) is 9.53 Å². The fourth-order valence-electron chi connectivity index (χ4n) is 0.829. The van der Waals surface area contributed by atoms with Crippen LogP contribution in [0.15, 0.2) is 30.6 Å². The van der Waals surface area contributed by atoms with Crippen molar-refractivity contribution in [1.29, 1.82) is 0 Å². The van der Waals surface area contributed by atoms with Crippen LogP contribution < -0.4 is 0 Å². The number of carbonyl (C=O) groups is 1. The zero-order chi connectivity index (χ0) is 9.52. The van der Waals surface area contributed by atoms with Gasteiger partial charge in [-0.1, -0.05) is 0 Å². The molecule has 0 unspecified atom stereocenters. The third-order valence-corrected chi connectivity index (χ3v) is 1.40. The number of pyridine rings is 1. The van der Waals surface area contributed by atoms with E-state index in [4.69, 9.17) is 4.74 Å². The lowest BCUT2D eigenvalue weighted by atomic mass is 10.2. The van der Waals surface area contributed by atoms with Gasteiger partial charge >= 0.3 is 5.97 Å². The molecule has 3 nitrogen and oxygen atoms in total. The second-order valence-corrected chi connectivity index (χ2v) is 2.37. The summed E-state index contributed by atoms with van der Waals surface area (Å²) in [5, 5.41) is 0. The Labute approximate surface area is 89.2 Å². The Hall–Kier alpha value is -1.35. The summed E-state index contributed by atoms with van der Waals surface area (Å²) in [6.07, 6.45) is 6.44. The number of halogens is 1. The molecule has 0 N–H and O–H groups in total. The molecule has 0 spiro atoms. The normalized spacial score (nSPS) is 9.50. The van der Waals surface area contributed by atoms with Gasteiger partial charge in [0.2, 0.25) is 0 Å². The molecule has 0 bridgehead atoms. The standard InChI is InChI=1S/C10H11NO2.ClH/c1-2-13-10(12)4-3-9-5-7-11-8-6-9;/h3-8H,2H2,1H3;1H/b4-3+;. The number of hydrogen-bond donors (Lipinski definition) is 0. The molecule has 0 atom stereocenters. The van der Waals surface area contributed by atoms with Crippen LogP contribution in [-0.4, -0.2) is 17.6 Å². The molecular formula is C10H12ClNO2. The number of hydrogen-bond acceptors (Lipinski definition) is 3. The highest BCUT2D eigenvalue weighted by Crippen LogP contribution is 1.98. The van der Waals surface area contributed by atoms with Crippen LogP contribution in [0, 0.1) is 0 Å². The van der Waals surface area contributed by atoms with E-state index in [-0.39, 0.29) is 18.4 Å². The van der Waals surface area contributed by atoms with Gasteiger partial charge in [0.05, 0.1) is 6.61 Å². The first-order chi connectivity index (χ1) is 6.33. The Kier molecular flexibility index (Phi) is 6.41. The summed E-state index contributed by atoms with van der Waals surface area (Å²) in [4.78, 5) is 14.8. The quantitative estimate of drug-likeness (QED) is 0.570. The lowest BCUT2D eigenvalue weighted by Crippen LogP contribution is -1.98. The predicted octanol–water partition coefficient (Wildman–Crippen LogP) is 2.08. The first kappa shape index (κ1) is 12.7. The summed E-state index contributed by atoms with van der Waals surface area (Å²) in [6, 6.07) is 3.63. The van der Waals surface area contributed by atoms with Gasteiger partial charge in [-0.2, -0.15) is 0 Å². The molecule has 0 saturated heterocycles. The van der Waals surface area contributed by atoms with Crippen LogP contribution in [0.3, 0.4) is 0 Å². The molecule has 0 aliphatic heterocycles. The minimum Gasteiger partial charge on any atom is -0.463 e. The molecule has 0 amide bonds. The summed E-state index contributed by atoms with van der Waals surface area (Å²) >= 11 is 0. The lowest BCUT2D eigenvalue weighted by molar-refractivity contribution is -0.137. The van der Waals surface area contributed by atoms with Gasteiger partial charge in [-0.3, -0.25) is 4.98 Å². The van der Waals surface area contributed by atoms with Crippen molar-refractivity contribution < 1.29 is 9.53 Å². The van der Waals surface area contributed by atoms with Crippen molar-refractivity contribution in [2.24, 2.45) is 0 Å².